The SMILES string of the molecule is O=C(/C=C/c1ccc(OCCCCCCO)cc1)c1ccc(C(F)(F)F)cc1. The molecule has 0 bridgehead atoms. The van der Waals surface area contributed by atoms with Crippen LogP contribution in [0.2, 0.25) is 0 Å². The topological polar surface area (TPSA) is 46.5 Å². The minimum Gasteiger partial charge on any atom is -0.494 e. The third-order valence-corrected chi connectivity index (χ3v) is 4.13. The predicted molar refractivity (Wildman–Crippen MR) is 102 cm³/mol. The number of ketones is 1. The summed E-state index contributed by atoms with van der Waals surface area (Å²) >= 11 is 0. The number of benzene rings is 2. The fraction of sp³-hybridized carbons (Fsp3) is 0.318. The minimum atomic E-state index is -4.42. The Morgan fingerprint density at radius 2 is 1.57 bits per heavy atom. The summed E-state index contributed by atoms with van der Waals surface area (Å²) < 4.78 is 43.3. The Morgan fingerprint density at radius 1 is 0.929 bits per heavy atom. The van der Waals surface area contributed by atoms with E-state index in [2.05, 4.69) is 0 Å². The normalized spacial score (nSPS) is 11.7. The summed E-state index contributed by atoms with van der Waals surface area (Å²) in [5, 5.41) is 8.71. The molecule has 0 saturated carbocycles. The van der Waals surface area contributed by atoms with Crippen molar-refractivity contribution in [1.82, 2.24) is 0 Å². The molecule has 0 fully saturated rings. The monoisotopic (exact) mass is 392 g/mol. The molecule has 3 nitrogen and oxygen atoms in total. The highest BCUT2D eigenvalue weighted by molar-refractivity contribution is 6.06. The second-order valence-corrected chi connectivity index (χ2v) is 6.33. The fourth-order valence-electron chi connectivity index (χ4n) is 2.52. The van der Waals surface area contributed by atoms with Gasteiger partial charge in [-0.05, 0) is 55.2 Å². The number of halogens is 3. The van der Waals surface area contributed by atoms with Crippen molar-refractivity contribution in [3.05, 3.63) is 71.3 Å². The zero-order chi connectivity index (χ0) is 20.4. The van der Waals surface area contributed by atoms with Crippen LogP contribution >= 0.6 is 0 Å². The van der Waals surface area contributed by atoms with Gasteiger partial charge in [0.2, 0.25) is 0 Å². The lowest BCUT2D eigenvalue weighted by atomic mass is 10.1. The number of hydrogen-bond donors (Lipinski definition) is 1. The maximum Gasteiger partial charge on any atom is 0.416 e. The molecule has 0 radical (unpaired) electrons. The maximum absolute atomic E-state index is 12.6. The molecule has 2 aromatic rings. The van der Waals surface area contributed by atoms with E-state index < -0.39 is 11.7 Å². The number of rotatable bonds is 10. The molecule has 0 unspecified atom stereocenters. The first-order chi connectivity index (χ1) is 13.4. The van der Waals surface area contributed by atoms with Crippen LogP contribution in [0.4, 0.5) is 13.2 Å². The number of hydrogen-bond acceptors (Lipinski definition) is 3. The van der Waals surface area contributed by atoms with Crippen LogP contribution in [0.1, 0.15) is 47.2 Å². The fourth-order valence-corrected chi connectivity index (χ4v) is 2.52. The Morgan fingerprint density at radius 3 is 2.18 bits per heavy atom. The molecule has 2 rings (SSSR count). The lowest BCUT2D eigenvalue weighted by Gasteiger charge is -2.06. The van der Waals surface area contributed by atoms with Gasteiger partial charge in [-0.15, -0.1) is 0 Å². The highest BCUT2D eigenvalue weighted by Gasteiger charge is 2.30. The van der Waals surface area contributed by atoms with Gasteiger partial charge in [-0.3, -0.25) is 4.79 Å². The zero-order valence-electron chi connectivity index (χ0n) is 15.4. The van der Waals surface area contributed by atoms with E-state index in [4.69, 9.17) is 9.84 Å². The largest absolute Gasteiger partial charge is 0.494 e. The van der Waals surface area contributed by atoms with Crippen LogP contribution in [0.15, 0.2) is 54.6 Å². The third kappa shape index (κ3) is 7.19. The van der Waals surface area contributed by atoms with E-state index in [0.29, 0.717) is 6.61 Å². The first-order valence-electron chi connectivity index (χ1n) is 9.13. The first-order valence-corrected chi connectivity index (χ1v) is 9.13. The summed E-state index contributed by atoms with van der Waals surface area (Å²) in [4.78, 5) is 12.1. The molecule has 28 heavy (non-hydrogen) atoms. The number of ether oxygens (including phenoxy) is 1. The summed E-state index contributed by atoms with van der Waals surface area (Å²) in [7, 11) is 0. The molecule has 0 heterocycles. The number of aliphatic hydroxyl groups excluding tert-OH is 1. The number of unbranched alkanes of at least 4 members (excludes halogenated alkanes) is 3. The van der Waals surface area contributed by atoms with Gasteiger partial charge < -0.3 is 9.84 Å². The van der Waals surface area contributed by atoms with E-state index in [0.717, 1.165) is 49.1 Å². The highest BCUT2D eigenvalue weighted by atomic mass is 19.4. The summed E-state index contributed by atoms with van der Waals surface area (Å²) in [6.45, 7) is 0.824. The summed E-state index contributed by atoms with van der Waals surface area (Å²) in [6.07, 6.45) is 2.25. The summed E-state index contributed by atoms with van der Waals surface area (Å²) in [5.41, 5.74) is 0.206. The van der Waals surface area contributed by atoms with Crippen LogP contribution in [-0.4, -0.2) is 24.1 Å². The second kappa shape index (κ2) is 10.7. The van der Waals surface area contributed by atoms with Gasteiger partial charge in [0.05, 0.1) is 12.2 Å². The summed E-state index contributed by atoms with van der Waals surface area (Å²) in [6, 6.07) is 11.4. The van der Waals surface area contributed by atoms with E-state index >= 15 is 0 Å². The predicted octanol–water partition coefficient (Wildman–Crippen LogP) is 5.53. The average molecular weight is 392 g/mol. The number of carbonyl (C=O) groups excluding carboxylic acids is 1. The number of allylic oxidation sites excluding steroid dienone is 1. The van der Waals surface area contributed by atoms with Crippen molar-refractivity contribution in [3.63, 3.8) is 0 Å². The molecule has 2 aromatic carbocycles. The Hall–Kier alpha value is -2.60. The summed E-state index contributed by atoms with van der Waals surface area (Å²) in [5.74, 6) is 0.366. The molecule has 0 aliphatic rings. The van der Waals surface area contributed by atoms with Crippen molar-refractivity contribution in [3.8, 4) is 5.75 Å². The molecule has 0 aliphatic carbocycles. The Balaban J connectivity index is 1.84. The van der Waals surface area contributed by atoms with Crippen molar-refractivity contribution >= 4 is 11.9 Å². The van der Waals surface area contributed by atoms with Crippen molar-refractivity contribution in [2.24, 2.45) is 0 Å². The highest BCUT2D eigenvalue weighted by Crippen LogP contribution is 2.29. The molecular weight excluding hydrogens is 369 g/mol. The Kier molecular flexibility index (Phi) is 8.26. The molecular formula is C22H23F3O3. The van der Waals surface area contributed by atoms with Gasteiger partial charge in [-0.2, -0.15) is 13.2 Å². The van der Waals surface area contributed by atoms with Gasteiger partial charge >= 0.3 is 6.18 Å². The average Bonchev–Trinajstić information content (AvgIpc) is 2.69. The van der Waals surface area contributed by atoms with E-state index in [-0.39, 0.29) is 18.0 Å². The Bertz CT molecular complexity index is 763. The van der Waals surface area contributed by atoms with Crippen molar-refractivity contribution in [2.75, 3.05) is 13.2 Å². The van der Waals surface area contributed by atoms with Crippen molar-refractivity contribution < 1.29 is 27.8 Å². The van der Waals surface area contributed by atoms with Gasteiger partial charge in [-0.25, -0.2) is 0 Å². The second-order valence-electron chi connectivity index (χ2n) is 6.33. The zero-order valence-corrected chi connectivity index (χ0v) is 15.4. The van der Waals surface area contributed by atoms with E-state index in [1.807, 2.05) is 0 Å². The standard InChI is InChI=1S/C22H23F3O3/c23-22(24,25)19-10-8-18(9-11-19)21(27)14-7-17-5-12-20(13-6-17)28-16-4-2-1-3-15-26/h5-14,26H,1-4,15-16H2/b14-7+. The molecule has 1 N–H and O–H groups in total. The van der Waals surface area contributed by atoms with Crippen LogP contribution < -0.4 is 4.74 Å². The van der Waals surface area contributed by atoms with E-state index in [9.17, 15) is 18.0 Å². The van der Waals surface area contributed by atoms with E-state index in [1.165, 1.54) is 18.2 Å². The molecule has 0 amide bonds. The molecule has 150 valence electrons. The Labute approximate surface area is 162 Å². The van der Waals surface area contributed by atoms with Gasteiger partial charge in [0, 0.05) is 12.2 Å². The maximum atomic E-state index is 12.6. The molecule has 6 heteroatoms. The van der Waals surface area contributed by atoms with Crippen molar-refractivity contribution in [1.29, 1.82) is 0 Å². The molecule has 0 aliphatic heterocycles. The van der Waals surface area contributed by atoms with Crippen LogP contribution in [0.5, 0.6) is 5.75 Å². The van der Waals surface area contributed by atoms with Gasteiger partial charge in [0.1, 0.15) is 5.75 Å². The molecule has 0 aromatic heterocycles. The van der Waals surface area contributed by atoms with Gasteiger partial charge in [0.25, 0.3) is 0 Å². The van der Waals surface area contributed by atoms with E-state index in [1.54, 1.807) is 30.3 Å². The number of alkyl halides is 3. The minimum absolute atomic E-state index is 0.199. The van der Waals surface area contributed by atoms with Crippen LogP contribution in [-0.2, 0) is 6.18 Å². The lowest BCUT2D eigenvalue weighted by Crippen LogP contribution is -2.05. The number of aliphatic hydroxyl groups is 1. The molecule has 0 saturated heterocycles. The van der Waals surface area contributed by atoms with Crippen LogP contribution in [0.25, 0.3) is 6.08 Å². The molecule has 0 atom stereocenters. The smallest absolute Gasteiger partial charge is 0.416 e. The van der Waals surface area contributed by atoms with Crippen LogP contribution in [0, 0.1) is 0 Å². The van der Waals surface area contributed by atoms with Crippen LogP contribution in [0.3, 0.4) is 0 Å². The lowest BCUT2D eigenvalue weighted by molar-refractivity contribution is -0.137. The number of carbonyl (C=O) groups is 1. The van der Waals surface area contributed by atoms with Gasteiger partial charge in [0.15, 0.2) is 5.78 Å². The quantitative estimate of drug-likeness (QED) is 0.328. The third-order valence-electron chi connectivity index (χ3n) is 4.13. The molecule has 0 spiro atoms. The first kappa shape index (κ1) is 21.7. The van der Waals surface area contributed by atoms with Crippen molar-refractivity contribution in [2.45, 2.75) is 31.9 Å². The van der Waals surface area contributed by atoms with Gasteiger partial charge in [-0.1, -0.05) is 36.8 Å².